The highest BCUT2D eigenvalue weighted by molar-refractivity contribution is 5.87. The average Bonchev–Trinajstić information content (AvgIpc) is 3.65. The molecule has 3 aliphatic rings. The molecule has 4 heterocycles. The van der Waals surface area contributed by atoms with Crippen LogP contribution in [0.15, 0.2) is 65.3 Å². The maximum absolute atomic E-state index is 13.9. The predicted octanol–water partition coefficient (Wildman–Crippen LogP) is 7.12. The van der Waals surface area contributed by atoms with Crippen LogP contribution < -0.4 is 10.6 Å². The van der Waals surface area contributed by atoms with Gasteiger partial charge in [-0.1, -0.05) is 76.2 Å². The van der Waals surface area contributed by atoms with Crippen LogP contribution in [0.5, 0.6) is 0 Å². The van der Waals surface area contributed by atoms with Crippen molar-refractivity contribution in [1.29, 1.82) is 0 Å². The summed E-state index contributed by atoms with van der Waals surface area (Å²) in [6, 6.07) is 14.4. The van der Waals surface area contributed by atoms with Gasteiger partial charge in [-0.3, -0.25) is 9.59 Å². The molecular weight excluding hydrogens is 727 g/mol. The number of methoxy groups -OCH3 is 2. The lowest BCUT2D eigenvalue weighted by molar-refractivity contribution is -0.136. The summed E-state index contributed by atoms with van der Waals surface area (Å²) in [6.07, 6.45) is 7.01. The largest absolute Gasteiger partial charge is 0.453 e. The van der Waals surface area contributed by atoms with E-state index in [9.17, 15) is 19.2 Å². The summed E-state index contributed by atoms with van der Waals surface area (Å²) >= 11 is 0. The van der Waals surface area contributed by atoms with Gasteiger partial charge in [0.25, 0.3) is 0 Å². The summed E-state index contributed by atoms with van der Waals surface area (Å²) in [5.41, 5.74) is 4.79. The number of nitrogens with one attached hydrogen (secondary N) is 3. The molecule has 0 spiro atoms. The first-order chi connectivity index (χ1) is 27.4. The maximum Gasteiger partial charge on any atom is 0.407 e. The number of aromatic nitrogens is 3. The van der Waals surface area contributed by atoms with Gasteiger partial charge >= 0.3 is 12.2 Å². The van der Waals surface area contributed by atoms with Crippen molar-refractivity contribution in [3.63, 3.8) is 0 Å². The minimum absolute atomic E-state index is 0.108. The van der Waals surface area contributed by atoms with E-state index in [0.29, 0.717) is 36.6 Å². The number of aromatic amines is 1. The quantitative estimate of drug-likeness (QED) is 0.135. The zero-order chi connectivity index (χ0) is 40.4. The van der Waals surface area contributed by atoms with Gasteiger partial charge in [-0.2, -0.15) is 0 Å². The molecule has 4 amide bonds. The summed E-state index contributed by atoms with van der Waals surface area (Å²) in [5.74, 6) is 2.35. The zero-order valence-corrected chi connectivity index (χ0v) is 33.5. The molecule has 302 valence electrons. The third kappa shape index (κ3) is 8.54. The van der Waals surface area contributed by atoms with Gasteiger partial charge in [0.15, 0.2) is 5.76 Å². The number of benzene rings is 2. The molecule has 1 saturated carbocycles. The van der Waals surface area contributed by atoms with E-state index in [0.717, 1.165) is 53.0 Å². The standard InChI is InChI=1S/C43H53N7O7/c1-24(2)36(47-42(53)55-5)40(51)49-19-7-8-33(49)39-45-22-35(57-39)30-17-13-27(14-18-30)26-11-15-29(16-12-26)32-21-44-38(46-32)34-20-31(28-9-10-28)23-50(34)41(52)37(25(3)4)48-43(54)56-6/h11-18,21-22,24-25,28,31,33-34,36-37H,7-10,19-20,23H2,1-6H3,(H,44,46)(H,47,53)(H,48,54)/t31-,33-,34-,36-,37-/m0/s1. The minimum atomic E-state index is -0.715. The Morgan fingerprint density at radius 1 is 0.719 bits per heavy atom. The van der Waals surface area contributed by atoms with Crippen LogP contribution in [0.25, 0.3) is 33.7 Å². The Hall–Kier alpha value is -5.66. The van der Waals surface area contributed by atoms with Crippen molar-refractivity contribution < 1.29 is 33.1 Å². The fourth-order valence-electron chi connectivity index (χ4n) is 8.22. The molecule has 0 unspecified atom stereocenters. The number of ether oxygens (including phenoxy) is 2. The normalized spacial score (nSPS) is 20.5. The Morgan fingerprint density at radius 3 is 1.84 bits per heavy atom. The number of alkyl carbamates (subject to hydrolysis) is 2. The van der Waals surface area contributed by atoms with Crippen LogP contribution in [0.3, 0.4) is 0 Å². The molecule has 1 aliphatic carbocycles. The topological polar surface area (TPSA) is 172 Å². The predicted molar refractivity (Wildman–Crippen MR) is 212 cm³/mol. The third-order valence-electron chi connectivity index (χ3n) is 11.6. The Balaban J connectivity index is 1.02. The molecule has 2 aromatic carbocycles. The summed E-state index contributed by atoms with van der Waals surface area (Å²) in [5, 5.41) is 5.43. The number of imidazole rings is 1. The fourth-order valence-corrected chi connectivity index (χ4v) is 8.22. The van der Waals surface area contributed by atoms with Crippen LogP contribution in [0.4, 0.5) is 9.59 Å². The van der Waals surface area contributed by atoms with Crippen LogP contribution in [0, 0.1) is 23.7 Å². The maximum atomic E-state index is 13.9. The molecule has 3 N–H and O–H groups in total. The minimum Gasteiger partial charge on any atom is -0.453 e. The van der Waals surface area contributed by atoms with Crippen LogP contribution in [-0.4, -0.2) is 88.1 Å². The molecule has 5 atom stereocenters. The van der Waals surface area contributed by atoms with Gasteiger partial charge in [0, 0.05) is 18.7 Å². The molecule has 3 fully saturated rings. The number of H-pyrrole nitrogens is 1. The van der Waals surface area contributed by atoms with Crippen molar-refractivity contribution in [2.75, 3.05) is 27.3 Å². The number of amides is 4. The van der Waals surface area contributed by atoms with Crippen molar-refractivity contribution in [3.8, 4) is 33.7 Å². The Labute approximate surface area is 333 Å². The van der Waals surface area contributed by atoms with Crippen molar-refractivity contribution in [3.05, 3.63) is 72.6 Å². The molecule has 14 heteroatoms. The van der Waals surface area contributed by atoms with E-state index in [4.69, 9.17) is 18.9 Å². The monoisotopic (exact) mass is 779 g/mol. The van der Waals surface area contributed by atoms with E-state index in [1.807, 2.05) is 63.1 Å². The van der Waals surface area contributed by atoms with Crippen LogP contribution in [0.2, 0.25) is 0 Å². The molecule has 2 aliphatic heterocycles. The zero-order valence-electron chi connectivity index (χ0n) is 33.5. The Bertz CT molecular complexity index is 2050. The van der Waals surface area contributed by atoms with Crippen molar-refractivity contribution >= 4 is 24.0 Å². The van der Waals surface area contributed by atoms with Gasteiger partial charge in [-0.05, 0) is 72.5 Å². The van der Waals surface area contributed by atoms with Gasteiger partial charge < -0.3 is 39.3 Å². The number of nitrogens with zero attached hydrogens (tertiary/aromatic N) is 4. The first-order valence-corrected chi connectivity index (χ1v) is 20.0. The van der Waals surface area contributed by atoms with Crippen LogP contribution in [-0.2, 0) is 19.1 Å². The average molecular weight is 780 g/mol. The number of hydrogen-bond donors (Lipinski definition) is 3. The molecule has 0 radical (unpaired) electrons. The number of carbonyl (C=O) groups is 4. The smallest absolute Gasteiger partial charge is 0.407 e. The second-order valence-electron chi connectivity index (χ2n) is 16.1. The number of hydrogen-bond acceptors (Lipinski definition) is 9. The van der Waals surface area contributed by atoms with Crippen LogP contribution in [0.1, 0.15) is 83.6 Å². The van der Waals surface area contributed by atoms with E-state index in [1.165, 1.54) is 27.1 Å². The van der Waals surface area contributed by atoms with Gasteiger partial charge in [0.1, 0.15) is 23.9 Å². The lowest BCUT2D eigenvalue weighted by Gasteiger charge is -2.30. The highest BCUT2D eigenvalue weighted by Gasteiger charge is 2.46. The Kier molecular flexibility index (Phi) is 11.7. The first kappa shape index (κ1) is 39.6. The van der Waals surface area contributed by atoms with Gasteiger partial charge in [-0.25, -0.2) is 19.6 Å². The van der Waals surface area contributed by atoms with E-state index >= 15 is 0 Å². The molecule has 57 heavy (non-hydrogen) atoms. The SMILES string of the molecule is COC(=O)N[C@H](C(=O)N1C[C@@H](C2CC2)C[C@H]1c1ncc(-c2ccc(-c3ccc(-c4cnc([C@@H]5CCCN5C(=O)[C@@H](NC(=O)OC)C(C)C)o4)cc3)cc2)[nH]1)C(C)C. The highest BCUT2D eigenvalue weighted by Crippen LogP contribution is 2.47. The van der Waals surface area contributed by atoms with E-state index in [1.54, 1.807) is 11.1 Å². The number of carbonyl (C=O) groups excluding carboxylic acids is 4. The molecule has 0 bridgehead atoms. The summed E-state index contributed by atoms with van der Waals surface area (Å²) < 4.78 is 15.8. The number of rotatable bonds is 12. The molecule has 2 saturated heterocycles. The summed E-state index contributed by atoms with van der Waals surface area (Å²) in [7, 11) is 2.58. The van der Waals surface area contributed by atoms with Gasteiger partial charge in [0.05, 0.1) is 38.3 Å². The lowest BCUT2D eigenvalue weighted by Crippen LogP contribution is -2.51. The van der Waals surface area contributed by atoms with Crippen LogP contribution >= 0.6 is 0 Å². The fraction of sp³-hybridized carbons (Fsp3) is 0.488. The van der Waals surface area contributed by atoms with E-state index in [2.05, 4.69) is 44.9 Å². The van der Waals surface area contributed by atoms with Gasteiger partial charge in [0.2, 0.25) is 17.7 Å². The highest BCUT2D eigenvalue weighted by atomic mass is 16.5. The van der Waals surface area contributed by atoms with Crippen molar-refractivity contribution in [2.24, 2.45) is 23.7 Å². The van der Waals surface area contributed by atoms with E-state index in [-0.39, 0.29) is 35.7 Å². The number of likely N-dealkylation sites (tertiary alicyclic amines) is 2. The van der Waals surface area contributed by atoms with Gasteiger partial charge in [-0.15, -0.1) is 0 Å². The summed E-state index contributed by atoms with van der Waals surface area (Å²) in [6.45, 7) is 8.82. The molecule has 14 nitrogen and oxygen atoms in total. The number of oxazole rings is 1. The second-order valence-corrected chi connectivity index (χ2v) is 16.1. The molecule has 7 rings (SSSR count). The van der Waals surface area contributed by atoms with E-state index < -0.39 is 24.3 Å². The molecule has 2 aromatic heterocycles. The lowest BCUT2D eigenvalue weighted by atomic mass is 10.00. The third-order valence-corrected chi connectivity index (χ3v) is 11.6. The van der Waals surface area contributed by atoms with Crippen molar-refractivity contribution in [1.82, 2.24) is 35.4 Å². The molecule has 4 aromatic rings. The first-order valence-electron chi connectivity index (χ1n) is 20.0. The second kappa shape index (κ2) is 16.8. The Morgan fingerprint density at radius 2 is 1.28 bits per heavy atom. The summed E-state index contributed by atoms with van der Waals surface area (Å²) in [4.78, 5) is 68.0. The molecular formula is C43H53N7O7. The van der Waals surface area contributed by atoms with Crippen molar-refractivity contribution in [2.45, 2.75) is 84.0 Å².